The highest BCUT2D eigenvalue weighted by Gasteiger charge is 2.36. The third-order valence-corrected chi connectivity index (χ3v) is 3.91. The topological polar surface area (TPSA) is 61.7 Å². The third kappa shape index (κ3) is 2.60. The van der Waals surface area contributed by atoms with Crippen LogP contribution in [0.5, 0.6) is 11.5 Å². The molecular formula is C14H21NO3. The van der Waals surface area contributed by atoms with Gasteiger partial charge in [0, 0.05) is 25.3 Å². The first-order chi connectivity index (χ1) is 8.56. The quantitative estimate of drug-likeness (QED) is 0.703. The molecule has 0 spiro atoms. The minimum Gasteiger partial charge on any atom is -0.508 e. The van der Waals surface area contributed by atoms with Gasteiger partial charge in [0.25, 0.3) is 0 Å². The average molecular weight is 251 g/mol. The van der Waals surface area contributed by atoms with E-state index in [9.17, 15) is 10.2 Å². The molecule has 4 nitrogen and oxygen atoms in total. The van der Waals surface area contributed by atoms with Crippen LogP contribution in [0.1, 0.15) is 37.8 Å². The van der Waals surface area contributed by atoms with Gasteiger partial charge >= 0.3 is 0 Å². The number of phenols is 2. The molecule has 0 bridgehead atoms. The highest BCUT2D eigenvalue weighted by molar-refractivity contribution is 5.40. The molecule has 18 heavy (non-hydrogen) atoms. The standard InChI is InChI=1S/C14H21NO3/c1-10(12-8-11(16)4-5-13(12)17)15-9-14(18-2)6-3-7-14/h4-5,8,10,15-17H,3,6-7,9H2,1-2H3. The third-order valence-electron chi connectivity index (χ3n) is 3.91. The van der Waals surface area contributed by atoms with Gasteiger partial charge in [-0.15, -0.1) is 0 Å². The Morgan fingerprint density at radius 3 is 2.67 bits per heavy atom. The van der Waals surface area contributed by atoms with Crippen molar-refractivity contribution in [2.45, 2.75) is 37.8 Å². The summed E-state index contributed by atoms with van der Waals surface area (Å²) >= 11 is 0. The fourth-order valence-corrected chi connectivity index (χ4v) is 2.36. The van der Waals surface area contributed by atoms with Gasteiger partial charge in [0.15, 0.2) is 0 Å². The van der Waals surface area contributed by atoms with E-state index in [0.29, 0.717) is 5.56 Å². The molecule has 1 unspecified atom stereocenters. The Balaban J connectivity index is 1.99. The summed E-state index contributed by atoms with van der Waals surface area (Å²) in [6.07, 6.45) is 3.37. The molecule has 1 atom stereocenters. The molecule has 0 saturated heterocycles. The summed E-state index contributed by atoms with van der Waals surface area (Å²) in [4.78, 5) is 0. The lowest BCUT2D eigenvalue weighted by Gasteiger charge is -2.41. The Hall–Kier alpha value is -1.26. The van der Waals surface area contributed by atoms with Crippen LogP contribution in [-0.2, 0) is 4.74 Å². The summed E-state index contributed by atoms with van der Waals surface area (Å²) < 4.78 is 5.54. The fourth-order valence-electron chi connectivity index (χ4n) is 2.36. The minimum atomic E-state index is -0.0410. The number of benzene rings is 1. The van der Waals surface area contributed by atoms with Crippen molar-refractivity contribution in [3.63, 3.8) is 0 Å². The van der Waals surface area contributed by atoms with E-state index < -0.39 is 0 Å². The van der Waals surface area contributed by atoms with Crippen LogP contribution in [-0.4, -0.2) is 29.5 Å². The van der Waals surface area contributed by atoms with E-state index in [2.05, 4.69) is 5.32 Å². The number of phenolic OH excluding ortho intramolecular Hbond substituents is 2. The van der Waals surface area contributed by atoms with Crippen molar-refractivity contribution in [2.24, 2.45) is 0 Å². The number of ether oxygens (including phenoxy) is 1. The number of hydrogen-bond acceptors (Lipinski definition) is 4. The van der Waals surface area contributed by atoms with E-state index in [1.54, 1.807) is 13.2 Å². The van der Waals surface area contributed by atoms with Crippen LogP contribution in [0.25, 0.3) is 0 Å². The molecule has 1 aliphatic carbocycles. The first-order valence-corrected chi connectivity index (χ1v) is 6.37. The molecule has 100 valence electrons. The summed E-state index contributed by atoms with van der Waals surface area (Å²) in [6, 6.07) is 4.56. The number of nitrogens with one attached hydrogen (secondary N) is 1. The van der Waals surface area contributed by atoms with Gasteiger partial charge in [-0.05, 0) is 44.4 Å². The van der Waals surface area contributed by atoms with Gasteiger partial charge < -0.3 is 20.3 Å². The van der Waals surface area contributed by atoms with Crippen molar-refractivity contribution in [3.8, 4) is 11.5 Å². The first kappa shape index (κ1) is 13.2. The molecule has 1 aliphatic rings. The van der Waals surface area contributed by atoms with Gasteiger partial charge in [-0.3, -0.25) is 0 Å². The lowest BCUT2D eigenvalue weighted by Crippen LogP contribution is -2.48. The first-order valence-electron chi connectivity index (χ1n) is 6.37. The van der Waals surface area contributed by atoms with Crippen LogP contribution in [0.3, 0.4) is 0 Å². The Labute approximate surface area is 108 Å². The van der Waals surface area contributed by atoms with Crippen molar-refractivity contribution in [3.05, 3.63) is 23.8 Å². The molecule has 4 heteroatoms. The summed E-state index contributed by atoms with van der Waals surface area (Å²) in [5.41, 5.74) is 0.668. The SMILES string of the molecule is COC1(CNC(C)c2cc(O)ccc2O)CCC1. The highest BCUT2D eigenvalue weighted by atomic mass is 16.5. The molecule has 1 aromatic rings. The van der Waals surface area contributed by atoms with E-state index in [0.717, 1.165) is 19.4 Å². The van der Waals surface area contributed by atoms with Crippen LogP contribution < -0.4 is 5.32 Å². The predicted octanol–water partition coefficient (Wildman–Crippen LogP) is 2.32. The Kier molecular flexibility index (Phi) is 3.78. The van der Waals surface area contributed by atoms with Crippen LogP contribution in [0.4, 0.5) is 0 Å². The molecular weight excluding hydrogens is 230 g/mol. The molecule has 0 heterocycles. The van der Waals surface area contributed by atoms with Gasteiger partial charge in [-0.2, -0.15) is 0 Å². The summed E-state index contributed by atoms with van der Waals surface area (Å²) in [5.74, 6) is 0.370. The normalized spacial score (nSPS) is 19.2. The van der Waals surface area contributed by atoms with Crippen LogP contribution in [0, 0.1) is 0 Å². The van der Waals surface area contributed by atoms with E-state index in [1.807, 2.05) is 6.92 Å². The van der Waals surface area contributed by atoms with Crippen molar-refractivity contribution in [1.29, 1.82) is 0 Å². The summed E-state index contributed by atoms with van der Waals surface area (Å²) in [7, 11) is 1.75. The second kappa shape index (κ2) is 5.16. The molecule has 1 aromatic carbocycles. The van der Waals surface area contributed by atoms with E-state index >= 15 is 0 Å². The van der Waals surface area contributed by atoms with Gasteiger partial charge in [-0.25, -0.2) is 0 Å². The second-order valence-corrected chi connectivity index (χ2v) is 5.09. The molecule has 2 rings (SSSR count). The second-order valence-electron chi connectivity index (χ2n) is 5.09. The molecule has 3 N–H and O–H groups in total. The summed E-state index contributed by atoms with van der Waals surface area (Å²) in [6.45, 7) is 2.73. The Morgan fingerprint density at radius 1 is 1.39 bits per heavy atom. The highest BCUT2D eigenvalue weighted by Crippen LogP contribution is 2.35. The predicted molar refractivity (Wildman–Crippen MR) is 69.8 cm³/mol. The minimum absolute atomic E-state index is 0.0234. The zero-order valence-electron chi connectivity index (χ0n) is 10.9. The van der Waals surface area contributed by atoms with Crippen LogP contribution >= 0.6 is 0 Å². The van der Waals surface area contributed by atoms with Crippen molar-refractivity contribution in [2.75, 3.05) is 13.7 Å². The Morgan fingerprint density at radius 2 is 2.11 bits per heavy atom. The maximum Gasteiger partial charge on any atom is 0.120 e. The van der Waals surface area contributed by atoms with Gasteiger partial charge in [0.1, 0.15) is 11.5 Å². The number of aromatic hydroxyl groups is 2. The molecule has 1 saturated carbocycles. The molecule has 0 aliphatic heterocycles. The van der Waals surface area contributed by atoms with Crippen LogP contribution in [0.2, 0.25) is 0 Å². The van der Waals surface area contributed by atoms with E-state index in [4.69, 9.17) is 4.74 Å². The largest absolute Gasteiger partial charge is 0.508 e. The Bertz CT molecular complexity index is 410. The van der Waals surface area contributed by atoms with Crippen LogP contribution in [0.15, 0.2) is 18.2 Å². The van der Waals surface area contributed by atoms with Crippen molar-refractivity contribution >= 4 is 0 Å². The maximum atomic E-state index is 9.78. The smallest absolute Gasteiger partial charge is 0.120 e. The zero-order chi connectivity index (χ0) is 13.2. The lowest BCUT2D eigenvalue weighted by atomic mass is 9.80. The average Bonchev–Trinajstić information content (AvgIpc) is 2.31. The fraction of sp³-hybridized carbons (Fsp3) is 0.571. The monoisotopic (exact) mass is 251 g/mol. The molecule has 0 aromatic heterocycles. The summed E-state index contributed by atoms with van der Waals surface area (Å²) in [5, 5.41) is 22.6. The van der Waals surface area contributed by atoms with Crippen molar-refractivity contribution in [1.82, 2.24) is 5.32 Å². The van der Waals surface area contributed by atoms with E-state index in [-0.39, 0.29) is 23.1 Å². The molecule has 0 radical (unpaired) electrons. The van der Waals surface area contributed by atoms with Gasteiger partial charge in [-0.1, -0.05) is 0 Å². The van der Waals surface area contributed by atoms with Crippen molar-refractivity contribution < 1.29 is 14.9 Å². The molecule has 0 amide bonds. The number of methoxy groups -OCH3 is 1. The zero-order valence-corrected chi connectivity index (χ0v) is 10.9. The van der Waals surface area contributed by atoms with E-state index in [1.165, 1.54) is 18.6 Å². The molecule has 1 fully saturated rings. The van der Waals surface area contributed by atoms with Gasteiger partial charge in [0.05, 0.1) is 5.60 Å². The lowest BCUT2D eigenvalue weighted by molar-refractivity contribution is -0.0706. The number of hydrogen-bond donors (Lipinski definition) is 3. The number of rotatable bonds is 5. The maximum absolute atomic E-state index is 9.78. The van der Waals surface area contributed by atoms with Gasteiger partial charge in [0.2, 0.25) is 0 Å².